The Hall–Kier alpha value is -3.86. The van der Waals surface area contributed by atoms with E-state index in [1.807, 2.05) is 67.6 Å². The van der Waals surface area contributed by atoms with E-state index >= 15 is 0 Å². The Bertz CT molecular complexity index is 1560. The fourth-order valence-electron chi connectivity index (χ4n) is 5.19. The summed E-state index contributed by atoms with van der Waals surface area (Å²) >= 11 is 0. The van der Waals surface area contributed by atoms with Gasteiger partial charge in [0.2, 0.25) is 15.9 Å². The number of sulfonamides is 1. The van der Waals surface area contributed by atoms with Gasteiger partial charge in [-0.15, -0.1) is 0 Å². The van der Waals surface area contributed by atoms with Crippen molar-refractivity contribution < 1.29 is 23.1 Å². The molecule has 10 heteroatoms. The van der Waals surface area contributed by atoms with Crippen LogP contribution >= 0.6 is 0 Å². The van der Waals surface area contributed by atoms with Crippen molar-refractivity contribution in [1.29, 1.82) is 0 Å². The molecule has 2 heterocycles. The smallest absolute Gasteiger partial charge is 0.310 e. The monoisotopic (exact) mass is 604 g/mol. The van der Waals surface area contributed by atoms with Crippen LogP contribution in [0.25, 0.3) is 12.2 Å². The maximum Gasteiger partial charge on any atom is 0.310 e. The lowest BCUT2D eigenvalue weighted by Crippen LogP contribution is -2.48. The van der Waals surface area contributed by atoms with Crippen LogP contribution in [0.5, 0.6) is 0 Å². The van der Waals surface area contributed by atoms with Crippen LogP contribution in [-0.2, 0) is 26.2 Å². The summed E-state index contributed by atoms with van der Waals surface area (Å²) in [5, 5.41) is 12.5. The van der Waals surface area contributed by atoms with E-state index < -0.39 is 21.4 Å². The molecule has 9 nitrogen and oxygen atoms in total. The third-order valence-corrected chi connectivity index (χ3v) is 10.0. The standard InChI is InChI=1S/C33H40N4O5S/c1-4-33(5-2,32(39)40)23-31(38)35-28-10-6-8-26(22-28)14-15-27-9-7-11-29(34-27)24-36-18-20-37(21-19-36)43(41,42)30-16-12-25(3)13-17-30/h6-17,22H,4-5,18-21,23-24H2,1-3H3,(H,35,38)(H,39,40). The topological polar surface area (TPSA) is 120 Å². The zero-order valence-electron chi connectivity index (χ0n) is 25.0. The summed E-state index contributed by atoms with van der Waals surface area (Å²) in [5.41, 5.74) is 3.10. The molecule has 228 valence electrons. The molecule has 2 N–H and O–H groups in total. The predicted octanol–water partition coefficient (Wildman–Crippen LogP) is 5.29. The van der Waals surface area contributed by atoms with Crippen molar-refractivity contribution in [3.8, 4) is 0 Å². The molecule has 4 rings (SSSR count). The molecule has 2 aromatic carbocycles. The number of rotatable bonds is 12. The van der Waals surface area contributed by atoms with Crippen LogP contribution in [0.3, 0.4) is 0 Å². The molecule has 1 aliphatic rings. The SMILES string of the molecule is CCC(CC)(CC(=O)Nc1cccc(C=Cc2cccc(CN3CCN(S(=O)(=O)c4ccc(C)cc4)CC3)n2)c1)C(=O)O. The Morgan fingerprint density at radius 1 is 0.953 bits per heavy atom. The van der Waals surface area contributed by atoms with Gasteiger partial charge < -0.3 is 10.4 Å². The summed E-state index contributed by atoms with van der Waals surface area (Å²) in [5.74, 6) is -1.28. The number of aliphatic carboxylic acids is 1. The number of aryl methyl sites for hydroxylation is 1. The van der Waals surface area contributed by atoms with E-state index in [1.54, 1.807) is 36.4 Å². The lowest BCUT2D eigenvalue weighted by molar-refractivity contribution is -0.151. The largest absolute Gasteiger partial charge is 0.481 e. The number of hydrogen-bond donors (Lipinski definition) is 2. The fraction of sp³-hybridized carbons (Fsp3) is 0.364. The van der Waals surface area contributed by atoms with Crippen molar-refractivity contribution in [1.82, 2.24) is 14.2 Å². The lowest BCUT2D eigenvalue weighted by Gasteiger charge is -2.33. The molecule has 0 saturated carbocycles. The highest BCUT2D eigenvalue weighted by atomic mass is 32.2. The molecule has 1 fully saturated rings. The van der Waals surface area contributed by atoms with Gasteiger partial charge in [0.1, 0.15) is 0 Å². The van der Waals surface area contributed by atoms with Crippen LogP contribution in [0.4, 0.5) is 5.69 Å². The summed E-state index contributed by atoms with van der Waals surface area (Å²) in [4.78, 5) is 31.7. The van der Waals surface area contributed by atoms with Gasteiger partial charge in [0, 0.05) is 44.8 Å². The molecule has 1 aromatic heterocycles. The van der Waals surface area contributed by atoms with Gasteiger partial charge in [0.15, 0.2) is 0 Å². The summed E-state index contributed by atoms with van der Waals surface area (Å²) in [6, 6.07) is 20.2. The van der Waals surface area contributed by atoms with Crippen LogP contribution < -0.4 is 5.32 Å². The molecule has 0 aliphatic carbocycles. The average Bonchev–Trinajstić information content (AvgIpc) is 2.99. The Morgan fingerprint density at radius 2 is 1.63 bits per heavy atom. The molecule has 1 aliphatic heterocycles. The first-order valence-electron chi connectivity index (χ1n) is 14.6. The number of carboxylic acid groups (broad SMARTS) is 1. The van der Waals surface area contributed by atoms with Crippen molar-refractivity contribution in [3.05, 3.63) is 89.2 Å². The van der Waals surface area contributed by atoms with Gasteiger partial charge in [-0.05, 0) is 67.8 Å². The van der Waals surface area contributed by atoms with Crippen molar-refractivity contribution in [2.24, 2.45) is 5.41 Å². The third-order valence-electron chi connectivity index (χ3n) is 8.13. The normalized spacial score (nSPS) is 15.0. The highest BCUT2D eigenvalue weighted by Crippen LogP contribution is 2.31. The van der Waals surface area contributed by atoms with E-state index in [2.05, 4.69) is 10.2 Å². The minimum atomic E-state index is -3.50. The van der Waals surface area contributed by atoms with Gasteiger partial charge in [0.25, 0.3) is 0 Å². The van der Waals surface area contributed by atoms with E-state index in [1.165, 1.54) is 0 Å². The van der Waals surface area contributed by atoms with Gasteiger partial charge in [-0.25, -0.2) is 8.42 Å². The predicted molar refractivity (Wildman–Crippen MR) is 169 cm³/mol. The van der Waals surface area contributed by atoms with Crippen LogP contribution in [-0.4, -0.2) is 65.8 Å². The van der Waals surface area contributed by atoms with E-state index in [9.17, 15) is 23.1 Å². The minimum Gasteiger partial charge on any atom is -0.481 e. The first-order chi connectivity index (χ1) is 20.5. The number of pyridine rings is 1. The third kappa shape index (κ3) is 8.16. The zero-order valence-corrected chi connectivity index (χ0v) is 25.8. The molecule has 0 spiro atoms. The number of benzene rings is 2. The Morgan fingerprint density at radius 3 is 2.28 bits per heavy atom. The maximum absolute atomic E-state index is 13.0. The van der Waals surface area contributed by atoms with E-state index in [4.69, 9.17) is 4.98 Å². The second-order valence-corrected chi connectivity index (χ2v) is 13.0. The molecule has 43 heavy (non-hydrogen) atoms. The van der Waals surface area contributed by atoms with Gasteiger partial charge in [0.05, 0.1) is 21.7 Å². The number of piperazine rings is 1. The number of carboxylic acids is 1. The lowest BCUT2D eigenvalue weighted by atomic mass is 9.79. The van der Waals surface area contributed by atoms with Gasteiger partial charge in [-0.1, -0.05) is 55.8 Å². The summed E-state index contributed by atoms with van der Waals surface area (Å²) in [6.07, 6.45) is 4.50. The Labute approximate surface area is 254 Å². The van der Waals surface area contributed by atoms with Crippen LogP contribution in [0.1, 0.15) is 55.6 Å². The number of anilines is 1. The minimum absolute atomic E-state index is 0.0796. The van der Waals surface area contributed by atoms with Crippen LogP contribution in [0, 0.1) is 12.3 Å². The molecule has 0 bridgehead atoms. The van der Waals surface area contributed by atoms with Crippen LogP contribution in [0.2, 0.25) is 0 Å². The number of carbonyl (C=O) groups excluding carboxylic acids is 1. The number of nitrogens with zero attached hydrogens (tertiary/aromatic N) is 3. The van der Waals surface area contributed by atoms with Gasteiger partial charge in [-0.3, -0.25) is 19.5 Å². The number of amides is 1. The van der Waals surface area contributed by atoms with Crippen molar-refractivity contribution in [2.75, 3.05) is 31.5 Å². The Balaban J connectivity index is 1.33. The number of nitrogens with one attached hydrogen (secondary N) is 1. The molecule has 1 saturated heterocycles. The highest BCUT2D eigenvalue weighted by molar-refractivity contribution is 7.89. The summed E-state index contributed by atoms with van der Waals surface area (Å²) in [6.45, 7) is 8.23. The molecule has 0 atom stereocenters. The highest BCUT2D eigenvalue weighted by Gasteiger charge is 2.37. The van der Waals surface area contributed by atoms with Gasteiger partial charge in [-0.2, -0.15) is 4.31 Å². The molecule has 0 unspecified atom stereocenters. The van der Waals surface area contributed by atoms with Gasteiger partial charge >= 0.3 is 5.97 Å². The average molecular weight is 605 g/mol. The second-order valence-electron chi connectivity index (χ2n) is 11.0. The number of carbonyl (C=O) groups is 2. The van der Waals surface area contributed by atoms with Crippen molar-refractivity contribution in [3.63, 3.8) is 0 Å². The molecule has 1 amide bonds. The van der Waals surface area contributed by atoms with E-state index in [0.717, 1.165) is 22.5 Å². The Kier molecular flexibility index (Phi) is 10.5. The summed E-state index contributed by atoms with van der Waals surface area (Å²) in [7, 11) is -3.50. The van der Waals surface area contributed by atoms with E-state index in [0.29, 0.717) is 56.1 Å². The first-order valence-corrected chi connectivity index (χ1v) is 16.0. The second kappa shape index (κ2) is 14.1. The molecular weight excluding hydrogens is 564 g/mol. The summed E-state index contributed by atoms with van der Waals surface area (Å²) < 4.78 is 27.6. The first kappa shape index (κ1) is 32.1. The molecule has 3 aromatic rings. The number of hydrogen-bond acceptors (Lipinski definition) is 6. The molecule has 0 radical (unpaired) electrons. The zero-order chi connectivity index (χ0) is 31.0. The van der Waals surface area contributed by atoms with Crippen molar-refractivity contribution >= 4 is 39.7 Å². The maximum atomic E-state index is 13.0. The van der Waals surface area contributed by atoms with Crippen molar-refractivity contribution in [2.45, 2.75) is 51.5 Å². The fourth-order valence-corrected chi connectivity index (χ4v) is 6.61. The van der Waals surface area contributed by atoms with Crippen LogP contribution in [0.15, 0.2) is 71.6 Å². The molecular formula is C33H40N4O5S. The quantitative estimate of drug-likeness (QED) is 0.288. The number of aromatic nitrogens is 1. The van der Waals surface area contributed by atoms with E-state index in [-0.39, 0.29) is 12.3 Å².